The Morgan fingerprint density at radius 3 is 2.64 bits per heavy atom. The van der Waals surface area contributed by atoms with E-state index in [0.717, 1.165) is 12.8 Å². The van der Waals surface area contributed by atoms with Gasteiger partial charge < -0.3 is 9.47 Å². The molecule has 1 aliphatic heterocycles. The third-order valence-corrected chi connectivity index (χ3v) is 1.98. The fraction of sp³-hybridized carbons (Fsp3) is 1.00. The van der Waals surface area contributed by atoms with Crippen molar-refractivity contribution in [2.24, 2.45) is 0 Å². The Morgan fingerprint density at radius 2 is 2.18 bits per heavy atom. The van der Waals surface area contributed by atoms with Gasteiger partial charge >= 0.3 is 0 Å². The summed E-state index contributed by atoms with van der Waals surface area (Å²) in [7, 11) is 1.61. The molecule has 1 rings (SSSR count). The van der Waals surface area contributed by atoms with E-state index in [4.69, 9.17) is 14.7 Å². The summed E-state index contributed by atoms with van der Waals surface area (Å²) in [5, 5.41) is 8.40. The Hall–Kier alpha value is -0.160. The van der Waals surface area contributed by atoms with Gasteiger partial charge in [0.05, 0.1) is 6.10 Å². The van der Waals surface area contributed by atoms with E-state index in [1.165, 1.54) is 0 Å². The van der Waals surface area contributed by atoms with Crippen molar-refractivity contribution >= 4 is 0 Å². The van der Waals surface area contributed by atoms with E-state index >= 15 is 0 Å². The van der Waals surface area contributed by atoms with Crippen molar-refractivity contribution in [1.29, 1.82) is 0 Å². The van der Waals surface area contributed by atoms with Crippen LogP contribution in [0.1, 0.15) is 19.8 Å². The molecule has 0 aromatic rings. The van der Waals surface area contributed by atoms with Gasteiger partial charge in [0.15, 0.2) is 6.29 Å². The Kier molecular flexibility index (Phi) is 3.26. The van der Waals surface area contributed by atoms with Crippen molar-refractivity contribution in [1.82, 2.24) is 0 Å². The first kappa shape index (κ1) is 8.93. The van der Waals surface area contributed by atoms with E-state index in [0.29, 0.717) is 0 Å². The van der Waals surface area contributed by atoms with Crippen molar-refractivity contribution in [3.8, 4) is 0 Å². The van der Waals surface area contributed by atoms with Crippen LogP contribution in [-0.2, 0) is 14.4 Å². The van der Waals surface area contributed by atoms with E-state index in [1.807, 2.05) is 6.92 Å². The largest absolute Gasteiger partial charge is 0.356 e. The minimum Gasteiger partial charge on any atom is -0.356 e. The van der Waals surface area contributed by atoms with Crippen molar-refractivity contribution < 1.29 is 19.6 Å². The number of rotatable bonds is 2. The summed E-state index contributed by atoms with van der Waals surface area (Å²) in [5.74, 6) is 0. The molecule has 0 unspecified atom stereocenters. The molecule has 1 aliphatic rings. The first-order valence-electron chi connectivity index (χ1n) is 3.76. The van der Waals surface area contributed by atoms with Gasteiger partial charge in [-0.05, 0) is 13.3 Å². The Balaban J connectivity index is 2.34. The molecule has 3 atom stereocenters. The lowest BCUT2D eigenvalue weighted by atomic mass is 10.1. The molecule has 0 aliphatic carbocycles. The molecule has 1 fully saturated rings. The van der Waals surface area contributed by atoms with Gasteiger partial charge in [0.2, 0.25) is 0 Å². The fourth-order valence-electron chi connectivity index (χ4n) is 1.24. The maximum absolute atomic E-state index is 8.40. The van der Waals surface area contributed by atoms with E-state index < -0.39 is 0 Å². The zero-order valence-electron chi connectivity index (χ0n) is 6.82. The van der Waals surface area contributed by atoms with Crippen molar-refractivity contribution in [3.05, 3.63) is 0 Å². The highest BCUT2D eigenvalue weighted by atomic mass is 17.1. The summed E-state index contributed by atoms with van der Waals surface area (Å²) >= 11 is 0. The Bertz CT molecular complexity index is 117. The predicted molar refractivity (Wildman–Crippen MR) is 38.1 cm³/mol. The maximum Gasteiger partial charge on any atom is 0.157 e. The first-order valence-corrected chi connectivity index (χ1v) is 3.76. The first-order chi connectivity index (χ1) is 5.27. The molecule has 0 amide bonds. The minimum atomic E-state index is -0.207. The molecule has 0 radical (unpaired) electrons. The van der Waals surface area contributed by atoms with Gasteiger partial charge in [-0.3, -0.25) is 5.26 Å². The molecule has 4 nitrogen and oxygen atoms in total. The van der Waals surface area contributed by atoms with E-state index in [2.05, 4.69) is 4.89 Å². The van der Waals surface area contributed by atoms with Crippen LogP contribution >= 0.6 is 0 Å². The SMILES string of the molecule is CO[C@H]1CC[C@@H](OO)[C@@H](C)O1. The molecular weight excluding hydrogens is 148 g/mol. The zero-order valence-corrected chi connectivity index (χ0v) is 6.82. The van der Waals surface area contributed by atoms with Gasteiger partial charge in [-0.25, -0.2) is 4.89 Å². The minimum absolute atomic E-state index is 0.0984. The summed E-state index contributed by atoms with van der Waals surface area (Å²) in [6.07, 6.45) is 1.10. The smallest absolute Gasteiger partial charge is 0.157 e. The second-order valence-electron chi connectivity index (χ2n) is 2.73. The third kappa shape index (κ3) is 2.13. The van der Waals surface area contributed by atoms with Crippen molar-refractivity contribution in [2.45, 2.75) is 38.3 Å². The number of hydrogen-bond acceptors (Lipinski definition) is 4. The van der Waals surface area contributed by atoms with Gasteiger partial charge in [-0.15, -0.1) is 0 Å². The topological polar surface area (TPSA) is 47.9 Å². The monoisotopic (exact) mass is 162 g/mol. The van der Waals surface area contributed by atoms with Crippen LogP contribution in [0.25, 0.3) is 0 Å². The summed E-state index contributed by atoms with van der Waals surface area (Å²) in [5.41, 5.74) is 0. The average molecular weight is 162 g/mol. The van der Waals surface area contributed by atoms with Gasteiger partial charge in [0.1, 0.15) is 6.10 Å². The van der Waals surface area contributed by atoms with Crippen molar-refractivity contribution in [3.63, 3.8) is 0 Å². The van der Waals surface area contributed by atoms with Crippen LogP contribution in [0, 0.1) is 0 Å². The van der Waals surface area contributed by atoms with E-state index in [9.17, 15) is 0 Å². The average Bonchev–Trinajstić information content (AvgIpc) is 2.04. The van der Waals surface area contributed by atoms with Crippen LogP contribution in [0.3, 0.4) is 0 Å². The van der Waals surface area contributed by atoms with Gasteiger partial charge in [-0.2, -0.15) is 0 Å². The fourth-order valence-corrected chi connectivity index (χ4v) is 1.24. The van der Waals surface area contributed by atoms with Gasteiger partial charge in [0.25, 0.3) is 0 Å². The lowest BCUT2D eigenvalue weighted by Gasteiger charge is -2.31. The summed E-state index contributed by atoms with van der Waals surface area (Å²) in [6.45, 7) is 1.85. The molecule has 0 aromatic carbocycles. The number of hydrogen-bond donors (Lipinski definition) is 1. The third-order valence-electron chi connectivity index (χ3n) is 1.98. The molecule has 0 aromatic heterocycles. The molecule has 1 N–H and O–H groups in total. The predicted octanol–water partition coefficient (Wildman–Crippen LogP) is 1.02. The summed E-state index contributed by atoms with van der Waals surface area (Å²) in [6, 6.07) is 0. The normalized spacial score (nSPS) is 39.0. The highest BCUT2D eigenvalue weighted by Crippen LogP contribution is 2.21. The maximum atomic E-state index is 8.40. The molecule has 11 heavy (non-hydrogen) atoms. The van der Waals surface area contributed by atoms with E-state index in [-0.39, 0.29) is 18.5 Å². The quantitative estimate of drug-likeness (QED) is 0.486. The summed E-state index contributed by atoms with van der Waals surface area (Å²) < 4.78 is 10.3. The lowest BCUT2D eigenvalue weighted by molar-refractivity contribution is -0.327. The molecule has 1 heterocycles. The highest BCUT2D eigenvalue weighted by molar-refractivity contribution is 4.71. The molecule has 4 heteroatoms. The molecule has 0 saturated carbocycles. The summed E-state index contributed by atoms with van der Waals surface area (Å²) in [4.78, 5) is 4.22. The second-order valence-corrected chi connectivity index (χ2v) is 2.73. The molecular formula is C7H14O4. The van der Waals surface area contributed by atoms with Crippen LogP contribution in [-0.4, -0.2) is 30.9 Å². The van der Waals surface area contributed by atoms with Crippen LogP contribution < -0.4 is 0 Å². The van der Waals surface area contributed by atoms with Crippen LogP contribution in [0.2, 0.25) is 0 Å². The molecule has 1 saturated heterocycles. The second kappa shape index (κ2) is 4.01. The van der Waals surface area contributed by atoms with Crippen LogP contribution in [0.15, 0.2) is 0 Å². The molecule has 66 valence electrons. The lowest BCUT2D eigenvalue weighted by Crippen LogP contribution is -2.38. The Labute approximate surface area is 66.0 Å². The van der Waals surface area contributed by atoms with Gasteiger partial charge in [0, 0.05) is 13.5 Å². The zero-order chi connectivity index (χ0) is 8.27. The van der Waals surface area contributed by atoms with Crippen LogP contribution in [0.5, 0.6) is 0 Å². The van der Waals surface area contributed by atoms with E-state index in [1.54, 1.807) is 7.11 Å². The van der Waals surface area contributed by atoms with Gasteiger partial charge in [-0.1, -0.05) is 0 Å². The van der Waals surface area contributed by atoms with Crippen LogP contribution in [0.4, 0.5) is 0 Å². The molecule has 0 spiro atoms. The Morgan fingerprint density at radius 1 is 1.45 bits per heavy atom. The standard InChI is InChI=1S/C7H14O4/c1-5-6(11-8)3-4-7(9-2)10-5/h5-8H,3-4H2,1-2H3/t5-,6-,7-/m1/s1. The molecule has 0 bridgehead atoms. The highest BCUT2D eigenvalue weighted by Gasteiger charge is 2.28. The number of ether oxygens (including phenoxy) is 2. The van der Waals surface area contributed by atoms with Crippen molar-refractivity contribution in [2.75, 3.05) is 7.11 Å². The number of methoxy groups -OCH3 is 1.